The molecule has 0 radical (unpaired) electrons. The predicted octanol–water partition coefficient (Wildman–Crippen LogP) is 4.71. The number of anilines is 1. The van der Waals surface area contributed by atoms with E-state index in [-0.39, 0.29) is 35.0 Å². The molecule has 0 atom stereocenters. The van der Waals surface area contributed by atoms with Crippen LogP contribution in [0.1, 0.15) is 53.6 Å². The molecular formula is C26H23F2N5O3. The fourth-order valence-electron chi connectivity index (χ4n) is 5.14. The molecule has 7 rings (SSSR count). The molecule has 2 bridgehead atoms. The maximum Gasteiger partial charge on any atom is 0.280 e. The molecule has 2 aliphatic heterocycles. The lowest BCUT2D eigenvalue weighted by Gasteiger charge is -2.41. The molecule has 8 nitrogen and oxygen atoms in total. The molecule has 2 saturated heterocycles. The Bertz CT molecular complexity index is 1450. The number of halogens is 2. The van der Waals surface area contributed by atoms with Crippen molar-refractivity contribution in [2.75, 3.05) is 11.9 Å². The summed E-state index contributed by atoms with van der Waals surface area (Å²) in [5.74, 6) is -0.229. The molecule has 3 aromatic heterocycles. The van der Waals surface area contributed by atoms with E-state index in [0.717, 1.165) is 24.1 Å². The van der Waals surface area contributed by atoms with E-state index in [9.17, 15) is 13.6 Å². The van der Waals surface area contributed by atoms with Gasteiger partial charge in [-0.25, -0.2) is 18.7 Å². The van der Waals surface area contributed by atoms with Gasteiger partial charge in [0.1, 0.15) is 18.0 Å². The summed E-state index contributed by atoms with van der Waals surface area (Å²) in [5, 5.41) is 2.65. The Labute approximate surface area is 205 Å². The molecule has 5 heterocycles. The average Bonchev–Trinajstić information content (AvgIpc) is 3.54. The van der Waals surface area contributed by atoms with Crippen LogP contribution in [-0.4, -0.2) is 37.5 Å². The molecule has 36 heavy (non-hydrogen) atoms. The molecule has 1 aromatic carbocycles. The highest BCUT2D eigenvalue weighted by Crippen LogP contribution is 2.58. The number of hydrogen-bond acceptors (Lipinski definition) is 6. The number of aromatic nitrogens is 4. The number of amides is 1. The van der Waals surface area contributed by atoms with Gasteiger partial charge in [-0.05, 0) is 37.5 Å². The van der Waals surface area contributed by atoms with Gasteiger partial charge >= 0.3 is 0 Å². The number of ether oxygens (including phenoxy) is 2. The van der Waals surface area contributed by atoms with Crippen molar-refractivity contribution in [2.45, 2.75) is 43.8 Å². The second-order valence-corrected chi connectivity index (χ2v) is 9.64. The van der Waals surface area contributed by atoms with Crippen LogP contribution in [0.25, 0.3) is 5.65 Å². The lowest BCUT2D eigenvalue weighted by atomic mass is 9.62. The van der Waals surface area contributed by atoms with Crippen molar-refractivity contribution in [2.24, 2.45) is 0 Å². The number of pyridine rings is 1. The Kier molecular flexibility index (Phi) is 5.22. The highest BCUT2D eigenvalue weighted by Gasteiger charge is 2.61. The summed E-state index contributed by atoms with van der Waals surface area (Å²) in [6, 6.07) is 13.5. The highest BCUT2D eigenvalue weighted by molar-refractivity contribution is 6.02. The van der Waals surface area contributed by atoms with Crippen molar-refractivity contribution in [1.82, 2.24) is 19.4 Å². The van der Waals surface area contributed by atoms with Crippen molar-refractivity contribution in [3.05, 3.63) is 83.6 Å². The quantitative estimate of drug-likeness (QED) is 0.403. The zero-order valence-electron chi connectivity index (χ0n) is 19.4. The molecule has 0 spiro atoms. The van der Waals surface area contributed by atoms with Gasteiger partial charge in [0.25, 0.3) is 18.2 Å². The Morgan fingerprint density at radius 1 is 1.11 bits per heavy atom. The van der Waals surface area contributed by atoms with Crippen molar-refractivity contribution in [3.8, 4) is 5.88 Å². The number of carbonyl (C=O) groups excluding carboxylic acids is 1. The first-order valence-corrected chi connectivity index (χ1v) is 11.6. The number of carbonyl (C=O) groups is 1. The van der Waals surface area contributed by atoms with Gasteiger partial charge in [-0.3, -0.25) is 9.20 Å². The molecule has 1 saturated carbocycles. The van der Waals surface area contributed by atoms with E-state index in [1.807, 2.05) is 36.5 Å². The second-order valence-electron chi connectivity index (χ2n) is 9.64. The standard InChI is InChI=1S/C26H23F2N5O3/c1-25-13-26(14-25,15-36-25)19-10-33-11-20(31-23(34)18-9-5-8-17(29-18)21(27)28)32-24(22(33)30-19)35-12-16-6-3-2-4-7-16/h2-11,21H,12-15H2,1H3,(H,31,34). The summed E-state index contributed by atoms with van der Waals surface area (Å²) in [5.41, 5.74) is 1.51. The van der Waals surface area contributed by atoms with Gasteiger partial charge in [0, 0.05) is 11.6 Å². The number of benzene rings is 1. The van der Waals surface area contributed by atoms with E-state index < -0.39 is 18.0 Å². The number of alkyl halides is 2. The molecule has 184 valence electrons. The average molecular weight is 491 g/mol. The van der Waals surface area contributed by atoms with Crippen LogP contribution >= 0.6 is 0 Å². The van der Waals surface area contributed by atoms with E-state index in [4.69, 9.17) is 14.5 Å². The fourth-order valence-corrected chi connectivity index (χ4v) is 5.14. The summed E-state index contributed by atoms with van der Waals surface area (Å²) in [7, 11) is 0. The van der Waals surface area contributed by atoms with E-state index in [1.165, 1.54) is 18.2 Å². The lowest BCUT2D eigenvalue weighted by molar-refractivity contribution is 0.0154. The van der Waals surface area contributed by atoms with Crippen LogP contribution in [-0.2, 0) is 16.8 Å². The summed E-state index contributed by atoms with van der Waals surface area (Å²) in [4.78, 5) is 25.9. The predicted molar refractivity (Wildman–Crippen MR) is 126 cm³/mol. The van der Waals surface area contributed by atoms with Crippen LogP contribution in [0.4, 0.5) is 14.6 Å². The number of rotatable bonds is 7. The number of hydrogen-bond donors (Lipinski definition) is 1. The summed E-state index contributed by atoms with van der Waals surface area (Å²) >= 11 is 0. The van der Waals surface area contributed by atoms with Gasteiger partial charge in [0.2, 0.25) is 5.65 Å². The van der Waals surface area contributed by atoms with Gasteiger partial charge < -0.3 is 14.8 Å². The third-order valence-electron chi connectivity index (χ3n) is 6.76. The first-order chi connectivity index (χ1) is 17.3. The SMILES string of the molecule is CC12CC(c3cn4cc(NC(=O)c5cccc(C(F)F)n5)nc(OCc5ccccc5)c4n3)(CO1)C2. The van der Waals surface area contributed by atoms with Gasteiger partial charge in [-0.2, -0.15) is 4.98 Å². The molecule has 1 aliphatic carbocycles. The zero-order chi connectivity index (χ0) is 24.9. The van der Waals surface area contributed by atoms with Gasteiger partial charge in [0.05, 0.1) is 24.1 Å². The molecule has 3 fully saturated rings. The van der Waals surface area contributed by atoms with E-state index >= 15 is 0 Å². The van der Waals surface area contributed by atoms with Crippen LogP contribution in [0.15, 0.2) is 60.9 Å². The van der Waals surface area contributed by atoms with Crippen molar-refractivity contribution < 1.29 is 23.0 Å². The van der Waals surface area contributed by atoms with Crippen molar-refractivity contribution in [1.29, 1.82) is 0 Å². The lowest BCUT2D eigenvalue weighted by Crippen LogP contribution is -2.45. The number of nitrogens with zero attached hydrogens (tertiary/aromatic N) is 4. The molecule has 3 aliphatic rings. The fraction of sp³-hybridized carbons (Fsp3) is 0.308. The Morgan fingerprint density at radius 2 is 1.92 bits per heavy atom. The normalized spacial score (nSPS) is 22.6. The number of fused-ring (bicyclic) bond motifs is 2. The van der Waals surface area contributed by atoms with Crippen molar-refractivity contribution >= 4 is 17.4 Å². The molecule has 4 aromatic rings. The molecule has 10 heteroatoms. The Morgan fingerprint density at radius 3 is 2.64 bits per heavy atom. The Balaban J connectivity index is 1.33. The van der Waals surface area contributed by atoms with Crippen LogP contribution in [0.3, 0.4) is 0 Å². The maximum absolute atomic E-state index is 13.0. The maximum atomic E-state index is 13.0. The van der Waals surface area contributed by atoms with Gasteiger partial charge in [-0.15, -0.1) is 0 Å². The monoisotopic (exact) mass is 491 g/mol. The summed E-state index contributed by atoms with van der Waals surface area (Å²) in [6.07, 6.45) is 2.55. The van der Waals surface area contributed by atoms with E-state index in [2.05, 4.69) is 22.2 Å². The smallest absolute Gasteiger partial charge is 0.280 e. The van der Waals surface area contributed by atoms with Crippen LogP contribution in [0.5, 0.6) is 5.88 Å². The van der Waals surface area contributed by atoms with Gasteiger partial charge in [-0.1, -0.05) is 36.4 Å². The first kappa shape index (κ1) is 22.5. The topological polar surface area (TPSA) is 90.6 Å². The first-order valence-electron chi connectivity index (χ1n) is 11.6. The van der Waals surface area contributed by atoms with E-state index in [0.29, 0.717) is 12.3 Å². The minimum Gasteiger partial charge on any atom is -0.470 e. The van der Waals surface area contributed by atoms with Crippen molar-refractivity contribution in [3.63, 3.8) is 0 Å². The number of nitrogens with one attached hydrogen (secondary N) is 1. The molecule has 0 unspecified atom stereocenters. The Hall–Kier alpha value is -3.92. The van der Waals surface area contributed by atoms with Crippen LogP contribution < -0.4 is 10.1 Å². The summed E-state index contributed by atoms with van der Waals surface area (Å²) in [6.45, 7) is 2.97. The minimum absolute atomic E-state index is 0.0976. The van der Waals surface area contributed by atoms with Crippen LogP contribution in [0, 0.1) is 0 Å². The zero-order valence-corrected chi connectivity index (χ0v) is 19.4. The molecule has 1 N–H and O–H groups in total. The summed E-state index contributed by atoms with van der Waals surface area (Å²) < 4.78 is 39.8. The number of imidazole rings is 1. The van der Waals surface area contributed by atoms with E-state index in [1.54, 1.807) is 10.6 Å². The molecule has 1 amide bonds. The molecular weight excluding hydrogens is 468 g/mol. The second kappa shape index (κ2) is 8.34. The van der Waals surface area contributed by atoms with Crippen LogP contribution in [0.2, 0.25) is 0 Å². The largest absolute Gasteiger partial charge is 0.470 e. The third kappa shape index (κ3) is 3.97. The van der Waals surface area contributed by atoms with Gasteiger partial charge in [0.15, 0.2) is 5.82 Å². The highest BCUT2D eigenvalue weighted by atomic mass is 19.3. The minimum atomic E-state index is -2.78. The third-order valence-corrected chi connectivity index (χ3v) is 6.76.